The van der Waals surface area contributed by atoms with Crippen LogP contribution in [-0.4, -0.2) is 19.5 Å². The summed E-state index contributed by atoms with van der Waals surface area (Å²) in [5, 5.41) is 7.60. The van der Waals surface area contributed by atoms with Crippen LogP contribution in [0.5, 0.6) is 0 Å². The van der Waals surface area contributed by atoms with Crippen LogP contribution in [0.1, 0.15) is 20.3 Å². The van der Waals surface area contributed by atoms with Crippen molar-refractivity contribution in [3.05, 3.63) is 18.1 Å². The molecule has 80 valence electrons. The molecule has 0 fully saturated rings. The molecule has 0 aromatic carbocycles. The van der Waals surface area contributed by atoms with Gasteiger partial charge in [-0.1, -0.05) is 13.8 Å². The lowest BCUT2D eigenvalue weighted by Gasteiger charge is -2.08. The molecule has 15 heavy (non-hydrogen) atoms. The van der Waals surface area contributed by atoms with Crippen molar-refractivity contribution in [3.8, 4) is 0 Å². The predicted molar refractivity (Wildman–Crippen MR) is 57.2 cm³/mol. The lowest BCUT2D eigenvalue weighted by atomic mass is 10.1. The van der Waals surface area contributed by atoms with Crippen LogP contribution < -0.4 is 5.49 Å². The molecule has 5 heteroatoms. The molecule has 0 aliphatic rings. The molecule has 0 saturated heterocycles. The van der Waals surface area contributed by atoms with E-state index in [-0.39, 0.29) is 5.49 Å². The molecule has 2 N–H and O–H groups in total. The van der Waals surface area contributed by atoms with E-state index in [0.29, 0.717) is 11.4 Å². The molecule has 2 rings (SSSR count). The van der Waals surface area contributed by atoms with Crippen LogP contribution in [0.15, 0.2) is 12.7 Å². The molecule has 0 spiro atoms. The minimum Gasteiger partial charge on any atom is -0.340 e. The van der Waals surface area contributed by atoms with E-state index in [1.165, 1.54) is 0 Å². The molecule has 0 unspecified atom stereocenters. The zero-order valence-corrected chi connectivity index (χ0v) is 8.99. The van der Waals surface area contributed by atoms with E-state index in [2.05, 4.69) is 28.8 Å². The quantitative estimate of drug-likeness (QED) is 0.792. The maximum absolute atomic E-state index is 7.60. The van der Waals surface area contributed by atoms with Gasteiger partial charge in [-0.25, -0.2) is 9.97 Å². The van der Waals surface area contributed by atoms with Crippen molar-refractivity contribution in [1.29, 1.82) is 5.41 Å². The molecule has 2 heterocycles. The van der Waals surface area contributed by atoms with Crippen molar-refractivity contribution < 1.29 is 0 Å². The maximum Gasteiger partial charge on any atom is 0.173 e. The highest BCUT2D eigenvalue weighted by Crippen LogP contribution is 2.07. The summed E-state index contributed by atoms with van der Waals surface area (Å²) >= 11 is 0. The summed E-state index contributed by atoms with van der Waals surface area (Å²) in [6.45, 7) is 5.27. The number of imidazole rings is 1. The van der Waals surface area contributed by atoms with Crippen LogP contribution in [0.25, 0.3) is 11.2 Å². The van der Waals surface area contributed by atoms with E-state index in [1.54, 1.807) is 12.7 Å². The third-order valence-electron chi connectivity index (χ3n) is 2.40. The molecular weight excluding hydrogens is 190 g/mol. The smallest absolute Gasteiger partial charge is 0.173 e. The third-order valence-corrected chi connectivity index (χ3v) is 2.40. The van der Waals surface area contributed by atoms with Gasteiger partial charge in [0.15, 0.2) is 11.1 Å². The van der Waals surface area contributed by atoms with Crippen molar-refractivity contribution in [3.63, 3.8) is 0 Å². The number of aromatic nitrogens is 4. The van der Waals surface area contributed by atoms with Gasteiger partial charge in [0.1, 0.15) is 5.52 Å². The first-order valence-electron chi connectivity index (χ1n) is 5.11. The number of nitrogens with zero attached hydrogens (tertiary/aromatic N) is 3. The van der Waals surface area contributed by atoms with Crippen LogP contribution in [0.3, 0.4) is 0 Å². The Hall–Kier alpha value is -1.65. The summed E-state index contributed by atoms with van der Waals surface area (Å²) in [6, 6.07) is 0. The summed E-state index contributed by atoms with van der Waals surface area (Å²) < 4.78 is 1.99. The van der Waals surface area contributed by atoms with E-state index in [1.807, 2.05) is 4.57 Å². The molecule has 0 atom stereocenters. The average Bonchev–Trinajstić information content (AvgIpc) is 2.66. The highest BCUT2D eigenvalue weighted by Gasteiger charge is 2.04. The SMILES string of the molecule is CC(C)CCn1cnc(=N)c2[nH]cnc21. The highest BCUT2D eigenvalue weighted by molar-refractivity contribution is 5.68. The minimum absolute atomic E-state index is 0.253. The summed E-state index contributed by atoms with van der Waals surface area (Å²) in [4.78, 5) is 11.2. The van der Waals surface area contributed by atoms with Gasteiger partial charge < -0.3 is 9.55 Å². The second-order valence-corrected chi connectivity index (χ2v) is 4.07. The number of nitrogens with one attached hydrogen (secondary N) is 2. The number of H-pyrrole nitrogens is 1. The number of hydrogen-bond donors (Lipinski definition) is 2. The lowest BCUT2D eigenvalue weighted by Crippen LogP contribution is -2.13. The number of rotatable bonds is 3. The van der Waals surface area contributed by atoms with Gasteiger partial charge in [-0.2, -0.15) is 0 Å². The van der Waals surface area contributed by atoms with Crippen LogP contribution >= 0.6 is 0 Å². The summed E-state index contributed by atoms with van der Waals surface area (Å²) in [5.74, 6) is 0.655. The Kier molecular flexibility index (Phi) is 2.53. The number of aryl methyl sites for hydroxylation is 1. The van der Waals surface area contributed by atoms with Gasteiger partial charge in [-0.3, -0.25) is 5.41 Å². The molecule has 2 aromatic heterocycles. The maximum atomic E-state index is 7.60. The zero-order valence-electron chi connectivity index (χ0n) is 8.99. The van der Waals surface area contributed by atoms with E-state index in [4.69, 9.17) is 5.41 Å². The summed E-state index contributed by atoms with van der Waals surface area (Å²) in [5.41, 5.74) is 1.78. The summed E-state index contributed by atoms with van der Waals surface area (Å²) in [6.07, 6.45) is 4.38. The minimum atomic E-state index is 0.253. The van der Waals surface area contributed by atoms with Gasteiger partial charge in [0.25, 0.3) is 0 Å². The molecule has 0 radical (unpaired) electrons. The van der Waals surface area contributed by atoms with Crippen molar-refractivity contribution in [2.24, 2.45) is 5.92 Å². The molecule has 0 aliphatic heterocycles. The fourth-order valence-corrected chi connectivity index (χ4v) is 1.49. The lowest BCUT2D eigenvalue weighted by molar-refractivity contribution is 0.517. The van der Waals surface area contributed by atoms with Crippen LogP contribution in [0.4, 0.5) is 0 Å². The zero-order chi connectivity index (χ0) is 10.8. The van der Waals surface area contributed by atoms with E-state index >= 15 is 0 Å². The van der Waals surface area contributed by atoms with Gasteiger partial charge in [0.05, 0.1) is 12.7 Å². The van der Waals surface area contributed by atoms with E-state index in [0.717, 1.165) is 18.6 Å². The Morgan fingerprint density at radius 3 is 3.00 bits per heavy atom. The van der Waals surface area contributed by atoms with Gasteiger partial charge in [-0.05, 0) is 12.3 Å². The second-order valence-electron chi connectivity index (χ2n) is 4.07. The van der Waals surface area contributed by atoms with Crippen molar-refractivity contribution in [1.82, 2.24) is 19.5 Å². The van der Waals surface area contributed by atoms with E-state index in [9.17, 15) is 0 Å². The standard InChI is InChI=1S/C10H15N5/c1-7(2)3-4-15-6-14-9(11)8-10(15)13-5-12-8/h5-7,11H,3-4H2,1-2H3,(H,12,13). The van der Waals surface area contributed by atoms with Gasteiger partial charge in [0.2, 0.25) is 0 Å². The van der Waals surface area contributed by atoms with Crippen molar-refractivity contribution in [2.75, 3.05) is 0 Å². The second kappa shape index (κ2) is 3.84. The molecule has 0 saturated carbocycles. The topological polar surface area (TPSA) is 70.3 Å². The Morgan fingerprint density at radius 1 is 1.47 bits per heavy atom. The predicted octanol–water partition coefficient (Wildman–Crippen LogP) is 1.28. The van der Waals surface area contributed by atoms with Crippen molar-refractivity contribution in [2.45, 2.75) is 26.8 Å². The molecular formula is C10H15N5. The van der Waals surface area contributed by atoms with Crippen LogP contribution in [-0.2, 0) is 6.54 Å². The number of hydrogen-bond acceptors (Lipinski definition) is 3. The Bertz CT molecular complexity index is 508. The van der Waals surface area contributed by atoms with Gasteiger partial charge in [0, 0.05) is 6.54 Å². The first kappa shape index (κ1) is 9.89. The Balaban J connectivity index is 2.39. The molecule has 0 amide bonds. The first-order chi connectivity index (χ1) is 7.18. The molecule has 5 nitrogen and oxygen atoms in total. The van der Waals surface area contributed by atoms with Crippen LogP contribution in [0, 0.1) is 11.3 Å². The largest absolute Gasteiger partial charge is 0.340 e. The van der Waals surface area contributed by atoms with Crippen molar-refractivity contribution >= 4 is 11.2 Å². The van der Waals surface area contributed by atoms with Gasteiger partial charge >= 0.3 is 0 Å². The fraction of sp³-hybridized carbons (Fsp3) is 0.500. The molecule has 0 aliphatic carbocycles. The molecule has 2 aromatic rings. The third kappa shape index (κ3) is 1.91. The summed E-state index contributed by atoms with van der Waals surface area (Å²) in [7, 11) is 0. The van der Waals surface area contributed by atoms with Crippen LogP contribution in [0.2, 0.25) is 0 Å². The Labute approximate surface area is 87.7 Å². The van der Waals surface area contributed by atoms with Gasteiger partial charge in [-0.15, -0.1) is 0 Å². The van der Waals surface area contributed by atoms with E-state index < -0.39 is 0 Å². The monoisotopic (exact) mass is 205 g/mol. The normalized spacial score (nSPS) is 11.4. The molecule has 0 bridgehead atoms. The first-order valence-corrected chi connectivity index (χ1v) is 5.11. The average molecular weight is 205 g/mol. The number of aromatic amines is 1. The Morgan fingerprint density at radius 2 is 2.27 bits per heavy atom. The number of fused-ring (bicyclic) bond motifs is 1. The highest BCUT2D eigenvalue weighted by atomic mass is 15.1. The fourth-order valence-electron chi connectivity index (χ4n) is 1.49.